The molecule has 0 fully saturated rings. The Morgan fingerprint density at radius 3 is 2.00 bits per heavy atom. The average molecular weight is 717 g/mol. The zero-order chi connectivity index (χ0) is 37.9. The summed E-state index contributed by atoms with van der Waals surface area (Å²) in [6, 6.07) is 16.8. The van der Waals surface area contributed by atoms with E-state index in [1.807, 2.05) is 13.8 Å². The SMILES string of the molecule is CC(C)Cn1c(=O)c(C(=O)NCC(=O)O)c(O)c2cccn21.O=C(O)CNC(=O)c1cc2c(O)c3ccccc3n2n(Cc2ccc(F)cc2)c1=O. The second kappa shape index (κ2) is 14.9. The summed E-state index contributed by atoms with van der Waals surface area (Å²) in [5.74, 6) is -5.14. The first kappa shape index (κ1) is 36.4. The Hall–Kier alpha value is -6.91. The molecule has 0 spiro atoms. The van der Waals surface area contributed by atoms with Gasteiger partial charge in [-0.1, -0.05) is 38.1 Å². The van der Waals surface area contributed by atoms with Crippen LogP contribution in [0.5, 0.6) is 11.5 Å². The summed E-state index contributed by atoms with van der Waals surface area (Å²) in [6.07, 6.45) is 1.61. The van der Waals surface area contributed by atoms with Gasteiger partial charge in [0.1, 0.15) is 41.1 Å². The van der Waals surface area contributed by atoms with Crippen molar-refractivity contribution in [1.82, 2.24) is 29.0 Å². The van der Waals surface area contributed by atoms with E-state index in [4.69, 9.17) is 10.2 Å². The standard InChI is InChI=1S/C21H16FN3O5.C14H17N3O5/c22-13-7-5-12(6-8-13)11-24-21(30)15(20(29)23-10-18(26)27)9-17-19(28)14-3-1-2-4-16(14)25(17)24;1-8(2)7-17-14(22)11(13(21)15-6-10(18)19)12(20)9-4-3-5-16(9)17/h1-9,28H,10-11H2,(H,23,29)(H,26,27);3-5,8,20H,6-7H2,1-2H3,(H,15,21)(H,18,19). The number of aliphatic carboxylic acids is 2. The van der Waals surface area contributed by atoms with E-state index in [2.05, 4.69) is 10.6 Å². The number of rotatable bonds is 10. The van der Waals surface area contributed by atoms with Gasteiger partial charge in [-0.3, -0.25) is 33.3 Å². The van der Waals surface area contributed by atoms with Crippen LogP contribution >= 0.6 is 0 Å². The van der Waals surface area contributed by atoms with Crippen molar-refractivity contribution < 1.29 is 44.0 Å². The number of carboxylic acid groups (broad SMARTS) is 2. The maximum absolute atomic E-state index is 13.3. The Labute approximate surface area is 292 Å². The summed E-state index contributed by atoms with van der Waals surface area (Å²) in [4.78, 5) is 71.5. The summed E-state index contributed by atoms with van der Waals surface area (Å²) >= 11 is 0. The highest BCUT2D eigenvalue weighted by molar-refractivity contribution is 6.01. The van der Waals surface area contributed by atoms with Crippen LogP contribution in [-0.2, 0) is 22.7 Å². The highest BCUT2D eigenvalue weighted by Gasteiger charge is 2.24. The van der Waals surface area contributed by atoms with Crippen molar-refractivity contribution in [2.45, 2.75) is 26.9 Å². The van der Waals surface area contributed by atoms with E-state index in [1.165, 1.54) is 48.7 Å². The summed E-state index contributed by atoms with van der Waals surface area (Å²) in [7, 11) is 0. The third-order valence-corrected chi connectivity index (χ3v) is 7.82. The Morgan fingerprint density at radius 2 is 1.37 bits per heavy atom. The fourth-order valence-corrected chi connectivity index (χ4v) is 5.56. The van der Waals surface area contributed by atoms with Crippen LogP contribution in [0, 0.1) is 11.7 Å². The van der Waals surface area contributed by atoms with Crippen LogP contribution in [-0.4, -0.2) is 75.7 Å². The molecule has 0 aliphatic heterocycles. The molecule has 6 rings (SSSR count). The van der Waals surface area contributed by atoms with Gasteiger partial charge in [0.05, 0.1) is 12.1 Å². The van der Waals surface area contributed by atoms with Crippen LogP contribution in [0.25, 0.3) is 21.9 Å². The smallest absolute Gasteiger partial charge is 0.322 e. The second-order valence-corrected chi connectivity index (χ2v) is 12.0. The number of nitrogens with zero attached hydrogens (tertiary/aromatic N) is 4. The number of aromatic nitrogens is 4. The Kier molecular flexibility index (Phi) is 10.4. The molecule has 6 aromatic rings. The number of para-hydroxylation sites is 1. The van der Waals surface area contributed by atoms with Crippen LogP contribution in [0.4, 0.5) is 4.39 Å². The molecule has 6 N–H and O–H groups in total. The first-order chi connectivity index (χ1) is 24.7. The van der Waals surface area contributed by atoms with E-state index in [9.17, 15) is 43.4 Å². The summed E-state index contributed by atoms with van der Waals surface area (Å²) in [5.41, 5.74) is -0.466. The Bertz CT molecular complexity index is 2480. The molecule has 2 amide bonds. The van der Waals surface area contributed by atoms with Crippen molar-refractivity contribution in [2.75, 3.05) is 13.1 Å². The third kappa shape index (κ3) is 7.32. The molecule has 52 heavy (non-hydrogen) atoms. The minimum absolute atomic E-state index is 0.00617. The quantitative estimate of drug-likeness (QED) is 0.121. The summed E-state index contributed by atoms with van der Waals surface area (Å²) in [5, 5.41) is 43.0. The Morgan fingerprint density at radius 1 is 0.750 bits per heavy atom. The van der Waals surface area contributed by atoms with Gasteiger partial charge in [-0.2, -0.15) is 0 Å². The maximum atomic E-state index is 13.3. The number of aromatic hydroxyl groups is 2. The molecule has 16 nitrogen and oxygen atoms in total. The molecule has 4 aromatic heterocycles. The lowest BCUT2D eigenvalue weighted by Crippen LogP contribution is -2.38. The highest BCUT2D eigenvalue weighted by atomic mass is 19.1. The molecule has 17 heteroatoms. The zero-order valence-electron chi connectivity index (χ0n) is 27.7. The number of carboxylic acids is 2. The molecule has 0 saturated carbocycles. The van der Waals surface area contributed by atoms with Crippen LogP contribution in [0.1, 0.15) is 40.1 Å². The number of nitrogens with one attached hydrogen (secondary N) is 2. The van der Waals surface area contributed by atoms with Crippen LogP contribution in [0.2, 0.25) is 0 Å². The fourth-order valence-electron chi connectivity index (χ4n) is 5.56. The minimum atomic E-state index is -1.26. The van der Waals surface area contributed by atoms with E-state index in [0.29, 0.717) is 28.5 Å². The minimum Gasteiger partial charge on any atom is -0.505 e. The van der Waals surface area contributed by atoms with Gasteiger partial charge in [-0.25, -0.2) is 18.3 Å². The second-order valence-electron chi connectivity index (χ2n) is 12.0. The third-order valence-electron chi connectivity index (χ3n) is 7.82. The fraction of sp³-hybridized carbons (Fsp3) is 0.200. The van der Waals surface area contributed by atoms with Crippen molar-refractivity contribution in [3.63, 3.8) is 0 Å². The predicted octanol–water partition coefficient (Wildman–Crippen LogP) is 2.24. The van der Waals surface area contributed by atoms with Gasteiger partial charge >= 0.3 is 11.9 Å². The van der Waals surface area contributed by atoms with Gasteiger partial charge in [0.25, 0.3) is 22.9 Å². The van der Waals surface area contributed by atoms with Crippen LogP contribution in [0.15, 0.2) is 82.5 Å². The lowest BCUT2D eigenvalue weighted by Gasteiger charge is -2.15. The van der Waals surface area contributed by atoms with Gasteiger partial charge in [0.2, 0.25) is 0 Å². The molecule has 0 unspecified atom stereocenters. The largest absolute Gasteiger partial charge is 0.505 e. The van der Waals surface area contributed by atoms with Crippen molar-refractivity contribution in [2.24, 2.45) is 5.92 Å². The predicted molar refractivity (Wildman–Crippen MR) is 184 cm³/mol. The number of halogens is 1. The lowest BCUT2D eigenvalue weighted by molar-refractivity contribution is -0.136. The zero-order valence-corrected chi connectivity index (χ0v) is 27.7. The number of fused-ring (bicyclic) bond motifs is 4. The van der Waals surface area contributed by atoms with Gasteiger partial charge in [-0.05, 0) is 53.9 Å². The molecule has 0 atom stereocenters. The van der Waals surface area contributed by atoms with E-state index in [-0.39, 0.29) is 29.3 Å². The monoisotopic (exact) mass is 716 g/mol. The number of hydrogen-bond acceptors (Lipinski definition) is 8. The van der Waals surface area contributed by atoms with Crippen LogP contribution in [0.3, 0.4) is 0 Å². The van der Waals surface area contributed by atoms with Crippen molar-refractivity contribution >= 4 is 45.7 Å². The van der Waals surface area contributed by atoms with E-state index in [1.54, 1.807) is 42.6 Å². The first-order valence-electron chi connectivity index (χ1n) is 15.7. The number of benzene rings is 2. The normalized spacial score (nSPS) is 11.1. The van der Waals surface area contributed by atoms with E-state index in [0.717, 1.165) is 0 Å². The van der Waals surface area contributed by atoms with Crippen molar-refractivity contribution in [1.29, 1.82) is 0 Å². The van der Waals surface area contributed by atoms with Gasteiger partial charge in [0.15, 0.2) is 11.5 Å². The molecular formula is C35H33FN6O10. The van der Waals surface area contributed by atoms with Crippen molar-refractivity contribution in [3.8, 4) is 11.5 Å². The number of carbonyl (C=O) groups excluding carboxylic acids is 2. The maximum Gasteiger partial charge on any atom is 0.322 e. The first-order valence-corrected chi connectivity index (χ1v) is 15.7. The summed E-state index contributed by atoms with van der Waals surface area (Å²) in [6.45, 7) is 2.89. The summed E-state index contributed by atoms with van der Waals surface area (Å²) < 4.78 is 18.8. The van der Waals surface area contributed by atoms with Gasteiger partial charge in [0, 0.05) is 18.1 Å². The molecule has 0 aliphatic rings. The molecule has 270 valence electrons. The molecular weight excluding hydrogens is 683 g/mol. The number of amides is 2. The van der Waals surface area contributed by atoms with E-state index < -0.39 is 65.1 Å². The topological polar surface area (TPSA) is 226 Å². The van der Waals surface area contributed by atoms with Gasteiger partial charge in [-0.15, -0.1) is 0 Å². The molecule has 0 aliphatic carbocycles. The van der Waals surface area contributed by atoms with E-state index >= 15 is 0 Å². The molecule has 4 heterocycles. The lowest BCUT2D eigenvalue weighted by atomic mass is 10.2. The van der Waals surface area contributed by atoms with Crippen LogP contribution < -0.4 is 21.8 Å². The van der Waals surface area contributed by atoms with Gasteiger partial charge < -0.3 is 31.1 Å². The van der Waals surface area contributed by atoms with Crippen molar-refractivity contribution in [3.05, 3.63) is 116 Å². The molecule has 0 saturated heterocycles. The average Bonchev–Trinajstić information content (AvgIpc) is 3.70. The number of carbonyl (C=O) groups is 4. The highest BCUT2D eigenvalue weighted by Crippen LogP contribution is 2.32. The Balaban J connectivity index is 0.000000212. The molecule has 0 radical (unpaired) electrons. The number of hydrogen-bond donors (Lipinski definition) is 6. The molecule has 2 aromatic carbocycles. The molecule has 0 bridgehead atoms.